The lowest BCUT2D eigenvalue weighted by molar-refractivity contribution is 0.307. The van der Waals surface area contributed by atoms with Gasteiger partial charge in [-0.2, -0.15) is 0 Å². The van der Waals surface area contributed by atoms with Gasteiger partial charge in [-0.1, -0.05) is 31.4 Å². The first-order valence-corrected chi connectivity index (χ1v) is 6.27. The average molecular weight is 221 g/mol. The van der Waals surface area contributed by atoms with Crippen molar-refractivity contribution >= 4 is 0 Å². The number of benzene rings is 1. The molecule has 2 heteroatoms. The molecule has 0 bridgehead atoms. The van der Waals surface area contributed by atoms with Crippen LogP contribution in [0.15, 0.2) is 24.3 Å². The van der Waals surface area contributed by atoms with Crippen molar-refractivity contribution in [2.75, 3.05) is 6.54 Å². The summed E-state index contributed by atoms with van der Waals surface area (Å²) in [7, 11) is 0. The summed E-state index contributed by atoms with van der Waals surface area (Å²) in [6, 6.07) is 6.87. The number of halogens is 1. The molecule has 0 amide bonds. The highest BCUT2D eigenvalue weighted by Gasteiger charge is 2.23. The fourth-order valence-corrected chi connectivity index (χ4v) is 2.85. The molecule has 1 atom stereocenters. The molecule has 0 radical (unpaired) electrons. The molecule has 0 spiro atoms. The van der Waals surface area contributed by atoms with Crippen LogP contribution in [-0.4, -0.2) is 6.54 Å². The molecular weight excluding hydrogens is 201 g/mol. The van der Waals surface area contributed by atoms with Crippen LogP contribution in [0.1, 0.15) is 43.6 Å². The van der Waals surface area contributed by atoms with E-state index >= 15 is 0 Å². The lowest BCUT2D eigenvalue weighted by atomic mass is 9.77. The monoisotopic (exact) mass is 221 g/mol. The Bertz CT molecular complexity index is 314. The second-order valence-corrected chi connectivity index (χ2v) is 4.79. The van der Waals surface area contributed by atoms with Gasteiger partial charge in [-0.05, 0) is 48.9 Å². The van der Waals surface area contributed by atoms with E-state index in [-0.39, 0.29) is 5.82 Å². The second-order valence-electron chi connectivity index (χ2n) is 4.79. The molecule has 1 fully saturated rings. The van der Waals surface area contributed by atoms with Crippen molar-refractivity contribution in [3.63, 3.8) is 0 Å². The summed E-state index contributed by atoms with van der Waals surface area (Å²) in [5, 5.41) is 0. The van der Waals surface area contributed by atoms with Crippen molar-refractivity contribution < 1.29 is 4.39 Å². The van der Waals surface area contributed by atoms with Gasteiger partial charge in [0.15, 0.2) is 0 Å². The minimum atomic E-state index is -0.164. The minimum Gasteiger partial charge on any atom is -0.330 e. The molecule has 0 aliphatic heterocycles. The van der Waals surface area contributed by atoms with Crippen molar-refractivity contribution in [1.29, 1.82) is 0 Å². The zero-order valence-corrected chi connectivity index (χ0v) is 9.66. The van der Waals surface area contributed by atoms with Crippen LogP contribution in [-0.2, 0) is 0 Å². The predicted octanol–water partition coefficient (Wildman–Crippen LogP) is 3.45. The molecule has 2 rings (SSSR count). The van der Waals surface area contributed by atoms with Gasteiger partial charge in [-0.15, -0.1) is 0 Å². The smallest absolute Gasteiger partial charge is 0.123 e. The quantitative estimate of drug-likeness (QED) is 0.831. The first kappa shape index (κ1) is 11.6. The Morgan fingerprint density at radius 2 is 1.75 bits per heavy atom. The molecule has 1 aromatic carbocycles. The van der Waals surface area contributed by atoms with E-state index in [1.54, 1.807) is 12.1 Å². The highest BCUT2D eigenvalue weighted by atomic mass is 19.1. The van der Waals surface area contributed by atoms with E-state index in [2.05, 4.69) is 0 Å². The molecule has 1 unspecified atom stereocenters. The summed E-state index contributed by atoms with van der Waals surface area (Å²) in [6.45, 7) is 0.677. The first-order valence-electron chi connectivity index (χ1n) is 6.27. The zero-order chi connectivity index (χ0) is 11.4. The highest BCUT2D eigenvalue weighted by Crippen LogP contribution is 2.35. The van der Waals surface area contributed by atoms with Crippen LogP contribution in [0, 0.1) is 11.7 Å². The fourth-order valence-electron chi connectivity index (χ4n) is 2.85. The first-order chi connectivity index (χ1) is 7.81. The van der Waals surface area contributed by atoms with Crippen LogP contribution >= 0.6 is 0 Å². The Hall–Kier alpha value is -0.890. The van der Waals surface area contributed by atoms with Crippen molar-refractivity contribution in [2.24, 2.45) is 11.7 Å². The zero-order valence-electron chi connectivity index (χ0n) is 9.66. The Morgan fingerprint density at radius 3 is 2.31 bits per heavy atom. The van der Waals surface area contributed by atoms with Gasteiger partial charge in [0, 0.05) is 0 Å². The number of rotatable bonds is 3. The third kappa shape index (κ3) is 2.62. The Morgan fingerprint density at radius 1 is 1.12 bits per heavy atom. The maximum absolute atomic E-state index is 12.9. The second kappa shape index (κ2) is 5.44. The van der Waals surface area contributed by atoms with Crippen LogP contribution in [0.3, 0.4) is 0 Å². The summed E-state index contributed by atoms with van der Waals surface area (Å²) in [5.41, 5.74) is 7.08. The van der Waals surface area contributed by atoms with E-state index in [0.29, 0.717) is 18.4 Å². The molecule has 0 heterocycles. The van der Waals surface area contributed by atoms with Gasteiger partial charge < -0.3 is 5.73 Å². The maximum atomic E-state index is 12.9. The fraction of sp³-hybridized carbons (Fsp3) is 0.571. The number of hydrogen-bond acceptors (Lipinski definition) is 1. The SMILES string of the molecule is NCC(c1ccc(F)cc1)C1CCCCC1. The van der Waals surface area contributed by atoms with E-state index in [0.717, 1.165) is 0 Å². The van der Waals surface area contributed by atoms with Crippen LogP contribution in [0.2, 0.25) is 0 Å². The summed E-state index contributed by atoms with van der Waals surface area (Å²) in [4.78, 5) is 0. The van der Waals surface area contributed by atoms with E-state index in [1.807, 2.05) is 12.1 Å². The van der Waals surface area contributed by atoms with E-state index in [9.17, 15) is 4.39 Å². The molecule has 0 aromatic heterocycles. The van der Waals surface area contributed by atoms with E-state index in [4.69, 9.17) is 5.73 Å². The third-order valence-electron chi connectivity index (χ3n) is 3.77. The van der Waals surface area contributed by atoms with Gasteiger partial charge in [0.25, 0.3) is 0 Å². The summed E-state index contributed by atoms with van der Waals surface area (Å²) < 4.78 is 12.9. The molecule has 16 heavy (non-hydrogen) atoms. The largest absolute Gasteiger partial charge is 0.330 e. The van der Waals surface area contributed by atoms with Gasteiger partial charge >= 0.3 is 0 Å². The van der Waals surface area contributed by atoms with Gasteiger partial charge in [0.2, 0.25) is 0 Å². The normalized spacial score (nSPS) is 19.6. The molecule has 1 saturated carbocycles. The van der Waals surface area contributed by atoms with Gasteiger partial charge in [0.05, 0.1) is 0 Å². The van der Waals surface area contributed by atoms with Crippen molar-refractivity contribution in [1.82, 2.24) is 0 Å². The molecular formula is C14H20FN. The number of hydrogen-bond donors (Lipinski definition) is 1. The summed E-state index contributed by atoms with van der Waals surface area (Å²) >= 11 is 0. The Balaban J connectivity index is 2.11. The molecule has 0 saturated heterocycles. The molecule has 1 aromatic rings. The standard InChI is InChI=1S/C14H20FN/c15-13-8-6-12(7-9-13)14(10-16)11-4-2-1-3-5-11/h6-9,11,14H,1-5,10,16H2. The third-order valence-corrected chi connectivity index (χ3v) is 3.77. The van der Waals surface area contributed by atoms with Crippen LogP contribution in [0.4, 0.5) is 4.39 Å². The average Bonchev–Trinajstić information content (AvgIpc) is 2.34. The predicted molar refractivity (Wildman–Crippen MR) is 64.8 cm³/mol. The lowest BCUT2D eigenvalue weighted by Crippen LogP contribution is -2.23. The molecule has 88 valence electrons. The molecule has 1 aliphatic carbocycles. The van der Waals surface area contributed by atoms with E-state index in [1.165, 1.54) is 37.7 Å². The summed E-state index contributed by atoms with van der Waals surface area (Å²) in [6.07, 6.45) is 6.56. The van der Waals surface area contributed by atoms with Gasteiger partial charge in [-0.25, -0.2) is 4.39 Å². The van der Waals surface area contributed by atoms with Crippen molar-refractivity contribution in [3.8, 4) is 0 Å². The van der Waals surface area contributed by atoms with Crippen molar-refractivity contribution in [2.45, 2.75) is 38.0 Å². The topological polar surface area (TPSA) is 26.0 Å². The van der Waals surface area contributed by atoms with Gasteiger partial charge in [-0.3, -0.25) is 0 Å². The highest BCUT2D eigenvalue weighted by molar-refractivity contribution is 5.21. The summed E-state index contributed by atoms with van der Waals surface area (Å²) in [5.74, 6) is 0.952. The van der Waals surface area contributed by atoms with Crippen LogP contribution in [0.25, 0.3) is 0 Å². The minimum absolute atomic E-state index is 0.164. The molecule has 1 nitrogen and oxygen atoms in total. The van der Waals surface area contributed by atoms with Crippen LogP contribution < -0.4 is 5.73 Å². The lowest BCUT2D eigenvalue weighted by Gasteiger charge is -2.29. The van der Waals surface area contributed by atoms with Crippen LogP contribution in [0.5, 0.6) is 0 Å². The Labute approximate surface area is 96.9 Å². The van der Waals surface area contributed by atoms with Gasteiger partial charge in [0.1, 0.15) is 5.82 Å². The maximum Gasteiger partial charge on any atom is 0.123 e. The molecule has 1 aliphatic rings. The van der Waals surface area contributed by atoms with Crippen molar-refractivity contribution in [3.05, 3.63) is 35.6 Å². The number of nitrogens with two attached hydrogens (primary N) is 1. The Kier molecular flexibility index (Phi) is 3.94. The van der Waals surface area contributed by atoms with E-state index < -0.39 is 0 Å². The molecule has 2 N–H and O–H groups in total.